The number of amides is 2. The van der Waals surface area contributed by atoms with Crippen molar-refractivity contribution in [3.8, 4) is 0 Å². The molecule has 19 heavy (non-hydrogen) atoms. The number of anilines is 1. The van der Waals surface area contributed by atoms with Crippen LogP contribution in [-0.2, 0) is 6.42 Å². The molecular formula is C14H22N2O2S. The second-order valence-corrected chi connectivity index (χ2v) is 5.31. The van der Waals surface area contributed by atoms with Gasteiger partial charge in [-0.15, -0.1) is 0 Å². The highest BCUT2D eigenvalue weighted by molar-refractivity contribution is 7.98. The fourth-order valence-corrected chi connectivity index (χ4v) is 2.04. The molecule has 0 radical (unpaired) electrons. The Morgan fingerprint density at radius 1 is 1.37 bits per heavy atom. The number of aryl methyl sites for hydroxylation is 1. The van der Waals surface area contributed by atoms with Crippen LogP contribution in [0.1, 0.15) is 18.9 Å². The SMILES string of the molecule is CCC(CO)NC(=O)Nc1ccc(CCSC)cc1. The first-order chi connectivity index (χ1) is 9.19. The van der Waals surface area contributed by atoms with E-state index in [-0.39, 0.29) is 18.7 Å². The number of nitrogens with one attached hydrogen (secondary N) is 2. The van der Waals surface area contributed by atoms with Crippen LogP contribution in [0.3, 0.4) is 0 Å². The summed E-state index contributed by atoms with van der Waals surface area (Å²) >= 11 is 1.82. The van der Waals surface area contributed by atoms with Crippen molar-refractivity contribution in [1.82, 2.24) is 5.32 Å². The molecule has 0 fully saturated rings. The molecular weight excluding hydrogens is 260 g/mol. The van der Waals surface area contributed by atoms with E-state index in [2.05, 4.69) is 16.9 Å². The maximum Gasteiger partial charge on any atom is 0.319 e. The van der Waals surface area contributed by atoms with Crippen molar-refractivity contribution in [3.63, 3.8) is 0 Å². The lowest BCUT2D eigenvalue weighted by Gasteiger charge is -2.14. The van der Waals surface area contributed by atoms with Crippen LogP contribution < -0.4 is 10.6 Å². The molecule has 1 atom stereocenters. The standard InChI is InChI=1S/C14H22N2O2S/c1-3-12(10-17)15-14(18)16-13-6-4-11(5-7-13)8-9-19-2/h4-7,12,17H,3,8-10H2,1-2H3,(H2,15,16,18). The van der Waals surface area contributed by atoms with Crippen LogP contribution in [0.15, 0.2) is 24.3 Å². The maximum absolute atomic E-state index is 11.7. The monoisotopic (exact) mass is 282 g/mol. The fraction of sp³-hybridized carbons (Fsp3) is 0.500. The fourth-order valence-electron chi connectivity index (χ4n) is 1.60. The van der Waals surface area contributed by atoms with Crippen molar-refractivity contribution in [2.75, 3.05) is 23.9 Å². The number of carbonyl (C=O) groups is 1. The Morgan fingerprint density at radius 2 is 2.05 bits per heavy atom. The molecule has 0 aliphatic heterocycles. The Bertz CT molecular complexity index is 378. The van der Waals surface area contributed by atoms with Gasteiger partial charge in [0.2, 0.25) is 0 Å². The van der Waals surface area contributed by atoms with Gasteiger partial charge in [-0.1, -0.05) is 19.1 Å². The van der Waals surface area contributed by atoms with Crippen molar-refractivity contribution in [2.45, 2.75) is 25.8 Å². The van der Waals surface area contributed by atoms with E-state index in [0.29, 0.717) is 6.42 Å². The lowest BCUT2D eigenvalue weighted by molar-refractivity contribution is 0.222. The summed E-state index contributed by atoms with van der Waals surface area (Å²) in [7, 11) is 0. The number of aliphatic hydroxyl groups is 1. The summed E-state index contributed by atoms with van der Waals surface area (Å²) in [6.07, 6.45) is 3.83. The average molecular weight is 282 g/mol. The van der Waals surface area contributed by atoms with Gasteiger partial charge in [0.25, 0.3) is 0 Å². The Hall–Kier alpha value is -1.20. The highest BCUT2D eigenvalue weighted by Crippen LogP contribution is 2.11. The first kappa shape index (κ1) is 15.9. The van der Waals surface area contributed by atoms with Gasteiger partial charge in [-0.05, 0) is 42.5 Å². The third-order valence-corrected chi connectivity index (χ3v) is 3.47. The normalized spacial score (nSPS) is 11.9. The molecule has 106 valence electrons. The quantitative estimate of drug-likeness (QED) is 0.720. The minimum absolute atomic E-state index is 0.0441. The minimum atomic E-state index is -0.280. The van der Waals surface area contributed by atoms with E-state index in [1.165, 1.54) is 5.56 Å². The van der Waals surface area contributed by atoms with Gasteiger partial charge in [0, 0.05) is 5.69 Å². The maximum atomic E-state index is 11.7. The van der Waals surface area contributed by atoms with Gasteiger partial charge in [-0.3, -0.25) is 0 Å². The van der Waals surface area contributed by atoms with Crippen LogP contribution >= 0.6 is 11.8 Å². The van der Waals surface area contributed by atoms with E-state index in [1.807, 2.05) is 43.0 Å². The number of urea groups is 1. The number of benzene rings is 1. The second kappa shape index (κ2) is 8.82. The van der Waals surface area contributed by atoms with Crippen LogP contribution in [0.25, 0.3) is 0 Å². The van der Waals surface area contributed by atoms with Gasteiger partial charge >= 0.3 is 6.03 Å². The molecule has 5 heteroatoms. The molecule has 0 bridgehead atoms. The summed E-state index contributed by atoms with van der Waals surface area (Å²) in [4.78, 5) is 11.7. The number of thioether (sulfide) groups is 1. The van der Waals surface area contributed by atoms with Gasteiger partial charge in [-0.25, -0.2) is 4.79 Å². The lowest BCUT2D eigenvalue weighted by Crippen LogP contribution is -2.39. The van der Waals surface area contributed by atoms with Crippen LogP contribution in [0, 0.1) is 0 Å². The molecule has 3 N–H and O–H groups in total. The molecule has 0 spiro atoms. The highest BCUT2D eigenvalue weighted by Gasteiger charge is 2.08. The summed E-state index contributed by atoms with van der Waals surface area (Å²) in [5, 5.41) is 14.5. The van der Waals surface area contributed by atoms with Gasteiger partial charge in [0.1, 0.15) is 0 Å². The third kappa shape index (κ3) is 5.98. The summed E-state index contributed by atoms with van der Waals surface area (Å²) < 4.78 is 0. The average Bonchev–Trinajstić information content (AvgIpc) is 2.44. The Morgan fingerprint density at radius 3 is 2.58 bits per heavy atom. The zero-order valence-corrected chi connectivity index (χ0v) is 12.3. The smallest absolute Gasteiger partial charge is 0.319 e. The van der Waals surface area contributed by atoms with Crippen LogP contribution in [0.5, 0.6) is 0 Å². The van der Waals surface area contributed by atoms with Crippen LogP contribution in [-0.4, -0.2) is 35.8 Å². The lowest BCUT2D eigenvalue weighted by atomic mass is 10.1. The number of hydrogen-bond acceptors (Lipinski definition) is 3. The predicted molar refractivity (Wildman–Crippen MR) is 81.8 cm³/mol. The third-order valence-electron chi connectivity index (χ3n) is 2.86. The van der Waals surface area contributed by atoms with E-state index in [0.717, 1.165) is 17.9 Å². The van der Waals surface area contributed by atoms with Crippen molar-refractivity contribution in [3.05, 3.63) is 29.8 Å². The van der Waals surface area contributed by atoms with Crippen LogP contribution in [0.4, 0.5) is 10.5 Å². The number of hydrogen-bond donors (Lipinski definition) is 3. The Balaban J connectivity index is 2.46. The van der Waals surface area contributed by atoms with Crippen molar-refractivity contribution < 1.29 is 9.90 Å². The Labute approximate surface area is 119 Å². The van der Waals surface area contributed by atoms with E-state index in [1.54, 1.807) is 0 Å². The van der Waals surface area contributed by atoms with Crippen molar-refractivity contribution in [2.24, 2.45) is 0 Å². The van der Waals surface area contributed by atoms with Gasteiger partial charge < -0.3 is 15.7 Å². The summed E-state index contributed by atoms with van der Waals surface area (Å²) in [6, 6.07) is 7.37. The zero-order chi connectivity index (χ0) is 14.1. The number of aliphatic hydroxyl groups excluding tert-OH is 1. The topological polar surface area (TPSA) is 61.4 Å². The second-order valence-electron chi connectivity index (χ2n) is 4.33. The molecule has 0 aliphatic rings. The molecule has 1 aromatic carbocycles. The van der Waals surface area contributed by atoms with Gasteiger partial charge in [0.05, 0.1) is 12.6 Å². The molecule has 0 heterocycles. The molecule has 0 saturated heterocycles. The summed E-state index contributed by atoms with van der Waals surface area (Å²) in [6.45, 7) is 1.87. The molecule has 4 nitrogen and oxygen atoms in total. The first-order valence-electron chi connectivity index (χ1n) is 6.45. The zero-order valence-electron chi connectivity index (χ0n) is 11.5. The molecule has 0 saturated carbocycles. The molecule has 2 amide bonds. The molecule has 0 aromatic heterocycles. The first-order valence-corrected chi connectivity index (χ1v) is 7.85. The number of rotatable bonds is 7. The van der Waals surface area contributed by atoms with E-state index in [4.69, 9.17) is 5.11 Å². The minimum Gasteiger partial charge on any atom is -0.394 e. The number of carbonyl (C=O) groups excluding carboxylic acids is 1. The highest BCUT2D eigenvalue weighted by atomic mass is 32.2. The Kier molecular flexibility index (Phi) is 7.36. The van der Waals surface area contributed by atoms with Gasteiger partial charge in [-0.2, -0.15) is 11.8 Å². The van der Waals surface area contributed by atoms with Crippen molar-refractivity contribution in [1.29, 1.82) is 0 Å². The van der Waals surface area contributed by atoms with E-state index >= 15 is 0 Å². The van der Waals surface area contributed by atoms with E-state index in [9.17, 15) is 4.79 Å². The van der Waals surface area contributed by atoms with Gasteiger partial charge in [0.15, 0.2) is 0 Å². The van der Waals surface area contributed by atoms with Crippen LogP contribution in [0.2, 0.25) is 0 Å². The molecule has 1 aromatic rings. The molecule has 1 rings (SSSR count). The molecule has 0 aliphatic carbocycles. The summed E-state index contributed by atoms with van der Waals surface area (Å²) in [5.74, 6) is 1.10. The largest absolute Gasteiger partial charge is 0.394 e. The summed E-state index contributed by atoms with van der Waals surface area (Å²) in [5.41, 5.74) is 2.03. The molecule has 1 unspecified atom stereocenters. The predicted octanol–water partition coefficient (Wildman–Crippen LogP) is 2.48. The van der Waals surface area contributed by atoms with Crippen molar-refractivity contribution >= 4 is 23.5 Å². The van der Waals surface area contributed by atoms with E-state index < -0.39 is 0 Å².